The number of hydrogen-bond donors (Lipinski definition) is 1. The molecule has 0 saturated heterocycles. The fraction of sp³-hybridized carbons (Fsp3) is 0.500. The van der Waals surface area contributed by atoms with Gasteiger partial charge in [0, 0.05) is 12.6 Å². The second-order valence-corrected chi connectivity index (χ2v) is 3.92. The number of rotatable bonds is 4. The van der Waals surface area contributed by atoms with Crippen molar-refractivity contribution in [3.63, 3.8) is 0 Å². The van der Waals surface area contributed by atoms with Gasteiger partial charge in [0.25, 0.3) is 0 Å². The van der Waals surface area contributed by atoms with Gasteiger partial charge in [-0.05, 0) is 42.5 Å². The Kier molecular flexibility index (Phi) is 2.82. The quantitative estimate of drug-likeness (QED) is 0.775. The van der Waals surface area contributed by atoms with Crippen molar-refractivity contribution in [3.05, 3.63) is 35.1 Å². The van der Waals surface area contributed by atoms with Crippen LogP contribution in [-0.2, 0) is 13.0 Å². The van der Waals surface area contributed by atoms with Crippen LogP contribution in [0.15, 0.2) is 18.2 Å². The van der Waals surface area contributed by atoms with Crippen molar-refractivity contribution >= 4 is 0 Å². The van der Waals surface area contributed by atoms with Gasteiger partial charge in [-0.15, -0.1) is 0 Å². The first kappa shape index (κ1) is 9.66. The number of hydrogen-bond acceptors (Lipinski definition) is 1. The van der Waals surface area contributed by atoms with E-state index in [1.165, 1.54) is 18.4 Å². The van der Waals surface area contributed by atoms with Crippen LogP contribution in [-0.4, -0.2) is 6.04 Å². The van der Waals surface area contributed by atoms with Gasteiger partial charge in [-0.1, -0.05) is 13.0 Å². The standard InChI is InChI=1S/C12H16FN/c1-2-9-3-4-11(13)7-10(9)8-14-12-5-6-12/h3-4,7,12,14H,2,5-6,8H2,1H3. The van der Waals surface area contributed by atoms with Crippen LogP contribution in [0.5, 0.6) is 0 Å². The SMILES string of the molecule is CCc1ccc(F)cc1CNC1CC1. The fourth-order valence-corrected chi connectivity index (χ4v) is 1.65. The predicted octanol–water partition coefficient (Wildman–Crippen LogP) is 2.64. The van der Waals surface area contributed by atoms with Gasteiger partial charge in [0.1, 0.15) is 5.82 Å². The van der Waals surface area contributed by atoms with E-state index in [2.05, 4.69) is 12.2 Å². The Labute approximate surface area is 84.3 Å². The van der Waals surface area contributed by atoms with E-state index in [0.29, 0.717) is 6.04 Å². The van der Waals surface area contributed by atoms with Gasteiger partial charge in [-0.3, -0.25) is 0 Å². The molecular weight excluding hydrogens is 177 g/mol. The average molecular weight is 193 g/mol. The summed E-state index contributed by atoms with van der Waals surface area (Å²) in [5.41, 5.74) is 2.36. The zero-order valence-corrected chi connectivity index (χ0v) is 8.52. The van der Waals surface area contributed by atoms with Gasteiger partial charge in [0.05, 0.1) is 0 Å². The first-order chi connectivity index (χ1) is 6.79. The smallest absolute Gasteiger partial charge is 0.123 e. The third-order valence-corrected chi connectivity index (χ3v) is 2.71. The van der Waals surface area contributed by atoms with E-state index in [9.17, 15) is 4.39 Å². The highest BCUT2D eigenvalue weighted by Gasteiger charge is 2.20. The van der Waals surface area contributed by atoms with E-state index in [0.717, 1.165) is 18.5 Å². The van der Waals surface area contributed by atoms with Crippen LogP contribution in [0.2, 0.25) is 0 Å². The highest BCUT2D eigenvalue weighted by Crippen LogP contribution is 2.20. The van der Waals surface area contributed by atoms with Gasteiger partial charge in [-0.2, -0.15) is 0 Å². The molecule has 1 fully saturated rings. The van der Waals surface area contributed by atoms with E-state index < -0.39 is 0 Å². The normalized spacial score (nSPS) is 15.9. The van der Waals surface area contributed by atoms with Crippen LogP contribution in [0.25, 0.3) is 0 Å². The molecule has 0 spiro atoms. The summed E-state index contributed by atoms with van der Waals surface area (Å²) in [6.45, 7) is 2.92. The van der Waals surface area contributed by atoms with Gasteiger partial charge in [-0.25, -0.2) is 4.39 Å². The summed E-state index contributed by atoms with van der Waals surface area (Å²) in [5, 5.41) is 3.41. The van der Waals surface area contributed by atoms with E-state index in [4.69, 9.17) is 0 Å². The molecule has 0 radical (unpaired) electrons. The molecule has 2 heteroatoms. The van der Waals surface area contributed by atoms with Crippen LogP contribution in [0.1, 0.15) is 30.9 Å². The second kappa shape index (κ2) is 4.09. The molecule has 1 aromatic rings. The maximum Gasteiger partial charge on any atom is 0.123 e. The molecule has 0 bridgehead atoms. The summed E-state index contributed by atoms with van der Waals surface area (Å²) >= 11 is 0. The highest BCUT2D eigenvalue weighted by molar-refractivity contribution is 5.27. The molecule has 1 nitrogen and oxygen atoms in total. The summed E-state index contributed by atoms with van der Waals surface area (Å²) in [6, 6.07) is 5.76. The lowest BCUT2D eigenvalue weighted by molar-refractivity contribution is 0.617. The van der Waals surface area contributed by atoms with Crippen LogP contribution >= 0.6 is 0 Å². The number of halogens is 1. The molecule has 14 heavy (non-hydrogen) atoms. The zero-order valence-electron chi connectivity index (χ0n) is 8.52. The Balaban J connectivity index is 2.07. The molecule has 0 aromatic heterocycles. The van der Waals surface area contributed by atoms with Gasteiger partial charge >= 0.3 is 0 Å². The Hall–Kier alpha value is -0.890. The topological polar surface area (TPSA) is 12.0 Å². The van der Waals surface area contributed by atoms with Crippen LogP contribution in [0, 0.1) is 5.82 Å². The molecule has 0 heterocycles. The maximum atomic E-state index is 13.0. The largest absolute Gasteiger partial charge is 0.310 e. The van der Waals surface area contributed by atoms with Crippen LogP contribution in [0.4, 0.5) is 4.39 Å². The van der Waals surface area contributed by atoms with Crippen molar-refractivity contribution in [2.24, 2.45) is 0 Å². The third-order valence-electron chi connectivity index (χ3n) is 2.71. The number of nitrogens with one attached hydrogen (secondary N) is 1. The van der Waals surface area contributed by atoms with Crippen molar-refractivity contribution in [2.45, 2.75) is 38.8 Å². The molecular formula is C12H16FN. The average Bonchev–Trinajstić information content (AvgIpc) is 2.98. The highest BCUT2D eigenvalue weighted by atomic mass is 19.1. The van der Waals surface area contributed by atoms with Gasteiger partial charge in [0.15, 0.2) is 0 Å². The molecule has 0 atom stereocenters. The summed E-state index contributed by atoms with van der Waals surface area (Å²) < 4.78 is 13.0. The molecule has 1 aliphatic rings. The minimum atomic E-state index is -0.130. The molecule has 0 unspecified atom stereocenters. The molecule has 1 N–H and O–H groups in total. The Bertz CT molecular complexity index is 318. The second-order valence-electron chi connectivity index (χ2n) is 3.92. The fourth-order valence-electron chi connectivity index (χ4n) is 1.65. The predicted molar refractivity (Wildman–Crippen MR) is 55.6 cm³/mol. The lowest BCUT2D eigenvalue weighted by Crippen LogP contribution is -2.16. The third kappa shape index (κ3) is 2.32. The molecule has 0 amide bonds. The van der Waals surface area contributed by atoms with E-state index in [-0.39, 0.29) is 5.82 Å². The lowest BCUT2D eigenvalue weighted by atomic mass is 10.1. The van der Waals surface area contributed by atoms with E-state index >= 15 is 0 Å². The molecule has 1 aromatic carbocycles. The lowest BCUT2D eigenvalue weighted by Gasteiger charge is -2.08. The Morgan fingerprint density at radius 3 is 2.79 bits per heavy atom. The molecule has 0 aliphatic heterocycles. The first-order valence-electron chi connectivity index (χ1n) is 5.30. The zero-order chi connectivity index (χ0) is 9.97. The van der Waals surface area contributed by atoms with Crippen molar-refractivity contribution in [1.82, 2.24) is 5.32 Å². The minimum Gasteiger partial charge on any atom is -0.310 e. The number of aryl methyl sites for hydroxylation is 1. The summed E-state index contributed by atoms with van der Waals surface area (Å²) in [4.78, 5) is 0. The Morgan fingerprint density at radius 2 is 2.14 bits per heavy atom. The Morgan fingerprint density at radius 1 is 1.36 bits per heavy atom. The first-order valence-corrected chi connectivity index (χ1v) is 5.30. The van der Waals surface area contributed by atoms with Gasteiger partial charge in [0.2, 0.25) is 0 Å². The van der Waals surface area contributed by atoms with Crippen molar-refractivity contribution in [1.29, 1.82) is 0 Å². The minimum absolute atomic E-state index is 0.130. The maximum absolute atomic E-state index is 13.0. The van der Waals surface area contributed by atoms with Gasteiger partial charge < -0.3 is 5.32 Å². The number of benzene rings is 1. The molecule has 1 saturated carbocycles. The monoisotopic (exact) mass is 193 g/mol. The summed E-state index contributed by atoms with van der Waals surface area (Å²) in [5.74, 6) is -0.130. The van der Waals surface area contributed by atoms with Crippen molar-refractivity contribution in [2.75, 3.05) is 0 Å². The van der Waals surface area contributed by atoms with Crippen LogP contribution in [0.3, 0.4) is 0 Å². The van der Waals surface area contributed by atoms with Crippen molar-refractivity contribution in [3.8, 4) is 0 Å². The summed E-state index contributed by atoms with van der Waals surface area (Å²) in [7, 11) is 0. The molecule has 76 valence electrons. The van der Waals surface area contributed by atoms with E-state index in [1.807, 2.05) is 6.07 Å². The molecule has 1 aliphatic carbocycles. The molecule has 2 rings (SSSR count). The van der Waals surface area contributed by atoms with Crippen LogP contribution < -0.4 is 5.32 Å². The van der Waals surface area contributed by atoms with Crippen molar-refractivity contribution < 1.29 is 4.39 Å². The summed E-state index contributed by atoms with van der Waals surface area (Å²) in [6.07, 6.45) is 3.52. The van der Waals surface area contributed by atoms with E-state index in [1.54, 1.807) is 12.1 Å².